The van der Waals surface area contributed by atoms with Crippen molar-refractivity contribution in [3.05, 3.63) is 46.3 Å². The van der Waals surface area contributed by atoms with E-state index in [4.69, 9.17) is 5.73 Å². The smallest absolute Gasteiger partial charge is 0.221 e. The van der Waals surface area contributed by atoms with Crippen LogP contribution in [0, 0.1) is 5.95 Å². The molecule has 0 bridgehead atoms. The number of aliphatic imine (C=N–C) groups is 1. The SMILES string of the molecule is CN=C/C(=C\N)N1CCC2=C1SC(c1ccc(N3CCCC3)nc1F)N2C. The van der Waals surface area contributed by atoms with Crippen LogP contribution in [-0.4, -0.2) is 54.7 Å². The molecule has 1 unspecified atom stereocenters. The second-order valence-electron chi connectivity index (χ2n) is 6.96. The molecule has 0 saturated carbocycles. The number of anilines is 1. The quantitative estimate of drug-likeness (QED) is 0.632. The summed E-state index contributed by atoms with van der Waals surface area (Å²) in [7, 11) is 3.76. The van der Waals surface area contributed by atoms with Crippen molar-refractivity contribution in [2.75, 3.05) is 38.6 Å². The number of halogens is 1. The van der Waals surface area contributed by atoms with Gasteiger partial charge in [0.1, 0.15) is 11.2 Å². The van der Waals surface area contributed by atoms with Crippen LogP contribution in [0.2, 0.25) is 0 Å². The number of allylic oxidation sites excluding steroid dienone is 1. The van der Waals surface area contributed by atoms with Gasteiger partial charge in [0, 0.05) is 63.8 Å². The zero-order valence-electron chi connectivity index (χ0n) is 15.7. The van der Waals surface area contributed by atoms with E-state index in [2.05, 4.69) is 24.7 Å². The molecule has 3 aliphatic heterocycles. The Kier molecular flexibility index (Phi) is 4.99. The van der Waals surface area contributed by atoms with Crippen LogP contribution in [0.3, 0.4) is 0 Å². The molecule has 0 radical (unpaired) electrons. The van der Waals surface area contributed by atoms with Crippen molar-refractivity contribution in [2.45, 2.75) is 24.6 Å². The summed E-state index contributed by atoms with van der Waals surface area (Å²) in [4.78, 5) is 14.8. The number of rotatable bonds is 4. The van der Waals surface area contributed by atoms with Crippen LogP contribution in [0.5, 0.6) is 0 Å². The Morgan fingerprint density at radius 2 is 2.11 bits per heavy atom. The van der Waals surface area contributed by atoms with Gasteiger partial charge in [-0.15, -0.1) is 0 Å². The van der Waals surface area contributed by atoms with E-state index < -0.39 is 0 Å². The van der Waals surface area contributed by atoms with Gasteiger partial charge in [0.2, 0.25) is 5.95 Å². The molecule has 144 valence electrons. The number of aromatic nitrogens is 1. The van der Waals surface area contributed by atoms with Gasteiger partial charge >= 0.3 is 0 Å². The number of thioether (sulfide) groups is 1. The summed E-state index contributed by atoms with van der Waals surface area (Å²) in [5, 5.41) is 1.01. The van der Waals surface area contributed by atoms with Crippen molar-refractivity contribution in [3.8, 4) is 0 Å². The van der Waals surface area contributed by atoms with Gasteiger partial charge < -0.3 is 20.4 Å². The normalized spacial score (nSPS) is 23.3. The van der Waals surface area contributed by atoms with Gasteiger partial charge in [-0.25, -0.2) is 4.98 Å². The molecule has 0 spiro atoms. The van der Waals surface area contributed by atoms with Gasteiger partial charge in [0.15, 0.2) is 0 Å². The topological polar surface area (TPSA) is 61.0 Å². The number of pyridine rings is 1. The van der Waals surface area contributed by atoms with E-state index in [1.165, 1.54) is 5.70 Å². The van der Waals surface area contributed by atoms with Crippen LogP contribution < -0.4 is 10.6 Å². The fourth-order valence-electron chi connectivity index (χ4n) is 3.96. The van der Waals surface area contributed by atoms with Gasteiger partial charge in [-0.05, 0) is 25.0 Å². The monoisotopic (exact) mass is 388 g/mol. The molecule has 3 aliphatic rings. The summed E-state index contributed by atoms with van der Waals surface area (Å²) >= 11 is 1.65. The third-order valence-electron chi connectivity index (χ3n) is 5.37. The largest absolute Gasteiger partial charge is 0.403 e. The maximum Gasteiger partial charge on any atom is 0.221 e. The molecule has 2 N–H and O–H groups in total. The number of nitrogens with zero attached hydrogens (tertiary/aromatic N) is 5. The third kappa shape index (κ3) is 3.16. The minimum Gasteiger partial charge on any atom is -0.403 e. The molecule has 1 fully saturated rings. The van der Waals surface area contributed by atoms with E-state index in [-0.39, 0.29) is 11.3 Å². The lowest BCUT2D eigenvalue weighted by molar-refractivity contribution is 0.385. The van der Waals surface area contributed by atoms with E-state index in [0.29, 0.717) is 5.56 Å². The maximum atomic E-state index is 14.9. The van der Waals surface area contributed by atoms with Crippen LogP contribution >= 0.6 is 11.8 Å². The highest BCUT2D eigenvalue weighted by Crippen LogP contribution is 2.52. The number of hydrogen-bond donors (Lipinski definition) is 1. The predicted octanol–water partition coefficient (Wildman–Crippen LogP) is 2.87. The van der Waals surface area contributed by atoms with Crippen molar-refractivity contribution in [1.29, 1.82) is 0 Å². The average Bonchev–Trinajstić information content (AvgIpc) is 3.39. The molecule has 0 aromatic carbocycles. The van der Waals surface area contributed by atoms with Crippen molar-refractivity contribution >= 4 is 23.8 Å². The van der Waals surface area contributed by atoms with Crippen molar-refractivity contribution in [2.24, 2.45) is 10.7 Å². The van der Waals surface area contributed by atoms with Crippen LogP contribution in [0.1, 0.15) is 30.2 Å². The first-order valence-corrected chi connectivity index (χ1v) is 10.2. The van der Waals surface area contributed by atoms with Crippen LogP contribution in [0.4, 0.5) is 10.2 Å². The summed E-state index contributed by atoms with van der Waals surface area (Å²) in [5.41, 5.74) is 8.50. The van der Waals surface area contributed by atoms with Crippen LogP contribution in [0.25, 0.3) is 0 Å². The molecule has 4 rings (SSSR count). The molecule has 4 heterocycles. The van der Waals surface area contributed by atoms with Gasteiger partial charge in [-0.1, -0.05) is 11.8 Å². The van der Waals surface area contributed by atoms with Gasteiger partial charge in [-0.2, -0.15) is 4.39 Å². The lowest BCUT2D eigenvalue weighted by Gasteiger charge is -2.27. The average molecular weight is 389 g/mol. The second-order valence-corrected chi connectivity index (χ2v) is 8.03. The lowest BCUT2D eigenvalue weighted by atomic mass is 10.2. The molecule has 1 aromatic rings. The Bertz CT molecular complexity index is 814. The Morgan fingerprint density at radius 3 is 2.78 bits per heavy atom. The molecule has 8 heteroatoms. The lowest BCUT2D eigenvalue weighted by Crippen LogP contribution is -2.23. The molecule has 0 amide bonds. The Hall–Kier alpha value is -2.22. The van der Waals surface area contributed by atoms with E-state index >= 15 is 0 Å². The first-order valence-electron chi connectivity index (χ1n) is 9.29. The van der Waals surface area contributed by atoms with E-state index in [9.17, 15) is 4.39 Å². The molecule has 1 atom stereocenters. The van der Waals surface area contributed by atoms with E-state index in [1.807, 2.05) is 19.2 Å². The standard InChI is InChI=1S/C19H25FN6S/c1-22-12-13(11-21)26-10-7-15-19(26)27-18(24(15)2)14-5-6-16(23-17(14)20)25-8-3-4-9-25/h5-6,11-12,18H,3-4,7-10,21H2,1-2H3/b13-11+,22-12?. The number of hydrogen-bond acceptors (Lipinski definition) is 7. The van der Waals surface area contributed by atoms with Gasteiger partial charge in [0.05, 0.1) is 10.7 Å². The van der Waals surface area contributed by atoms with Crippen LogP contribution in [-0.2, 0) is 0 Å². The summed E-state index contributed by atoms with van der Waals surface area (Å²) in [6.45, 7) is 2.78. The third-order valence-corrected chi connectivity index (χ3v) is 6.84. The fraction of sp³-hybridized carbons (Fsp3) is 0.474. The summed E-state index contributed by atoms with van der Waals surface area (Å²) in [6.07, 6.45) is 6.54. The van der Waals surface area contributed by atoms with Crippen molar-refractivity contribution < 1.29 is 4.39 Å². The van der Waals surface area contributed by atoms with E-state index in [0.717, 1.165) is 55.4 Å². The number of nitrogens with two attached hydrogens (primary N) is 1. The molecule has 27 heavy (non-hydrogen) atoms. The maximum absolute atomic E-state index is 14.9. The molecule has 1 saturated heterocycles. The zero-order chi connectivity index (χ0) is 19.0. The first kappa shape index (κ1) is 18.2. The van der Waals surface area contributed by atoms with Crippen molar-refractivity contribution in [3.63, 3.8) is 0 Å². The van der Waals surface area contributed by atoms with Gasteiger partial charge in [0.25, 0.3) is 0 Å². The zero-order valence-corrected chi connectivity index (χ0v) is 16.5. The highest BCUT2D eigenvalue weighted by molar-refractivity contribution is 8.03. The van der Waals surface area contributed by atoms with Crippen molar-refractivity contribution in [1.82, 2.24) is 14.8 Å². The summed E-state index contributed by atoms with van der Waals surface area (Å²) in [5.74, 6) is 0.371. The molecule has 1 aromatic heterocycles. The first-order chi connectivity index (χ1) is 13.1. The second kappa shape index (κ2) is 7.42. The molecule has 6 nitrogen and oxygen atoms in total. The van der Waals surface area contributed by atoms with Gasteiger partial charge in [-0.3, -0.25) is 4.99 Å². The van der Waals surface area contributed by atoms with E-state index in [1.54, 1.807) is 31.2 Å². The summed E-state index contributed by atoms with van der Waals surface area (Å²) < 4.78 is 14.9. The molecular weight excluding hydrogens is 363 g/mol. The Balaban J connectivity index is 1.57. The predicted molar refractivity (Wildman–Crippen MR) is 109 cm³/mol. The summed E-state index contributed by atoms with van der Waals surface area (Å²) in [6, 6.07) is 3.85. The minimum atomic E-state index is -0.374. The highest BCUT2D eigenvalue weighted by atomic mass is 32.2. The minimum absolute atomic E-state index is 0.115. The molecule has 0 aliphatic carbocycles. The fourth-order valence-corrected chi connectivity index (χ4v) is 5.47. The Morgan fingerprint density at radius 1 is 1.33 bits per heavy atom. The highest BCUT2D eigenvalue weighted by Gasteiger charge is 2.39. The van der Waals surface area contributed by atoms with Crippen LogP contribution in [0.15, 0.2) is 39.7 Å². The molecular formula is C19H25FN6S. The Labute approximate surface area is 163 Å².